The highest BCUT2D eigenvalue weighted by Gasteiger charge is 2.33. The molecule has 0 atom stereocenters. The number of hydrogen-bond acceptors (Lipinski definition) is 5. The summed E-state index contributed by atoms with van der Waals surface area (Å²) < 4.78 is 14.4. The number of hydrogen-bond donors (Lipinski definition) is 1. The third kappa shape index (κ3) is 2.68. The number of methoxy groups -OCH3 is 1. The van der Waals surface area contributed by atoms with E-state index in [4.69, 9.17) is 9.05 Å². The van der Waals surface area contributed by atoms with Crippen molar-refractivity contribution < 1.29 is 23.5 Å². The molecule has 0 aliphatic carbocycles. The molecule has 0 aromatic rings. The molecule has 6 heteroatoms. The van der Waals surface area contributed by atoms with Crippen molar-refractivity contribution in [3.05, 3.63) is 0 Å². The number of rotatable bonds is 2. The molecule has 0 unspecified atom stereocenters. The number of carbonyl (C=O) groups excluding carboxylic acids is 1. The Morgan fingerprint density at radius 1 is 1.58 bits per heavy atom. The minimum absolute atomic E-state index is 0.177. The standard InChI is InChI=1S/C6H12O5P/c1-9-6(7)5-12(8)10-3-2-4-11-12/h8H,2-5H2,1H3. The molecule has 5 nitrogen and oxygen atoms in total. The third-order valence-electron chi connectivity index (χ3n) is 1.43. The Labute approximate surface area is 71.2 Å². The lowest BCUT2D eigenvalue weighted by molar-refractivity contribution is -0.138. The molecular weight excluding hydrogens is 183 g/mol. The monoisotopic (exact) mass is 195 g/mol. The van der Waals surface area contributed by atoms with Crippen LogP contribution in [0.1, 0.15) is 6.42 Å². The van der Waals surface area contributed by atoms with Crippen LogP contribution >= 0.6 is 7.94 Å². The fourth-order valence-electron chi connectivity index (χ4n) is 0.830. The molecule has 0 spiro atoms. The second-order valence-corrected chi connectivity index (χ2v) is 4.50. The zero-order valence-corrected chi connectivity index (χ0v) is 7.75. The van der Waals surface area contributed by atoms with E-state index >= 15 is 0 Å². The van der Waals surface area contributed by atoms with Crippen molar-refractivity contribution in [2.75, 3.05) is 26.5 Å². The summed E-state index contributed by atoms with van der Waals surface area (Å²) in [5, 5.41) is 0. The molecule has 0 saturated carbocycles. The van der Waals surface area contributed by atoms with Crippen LogP contribution in [0.3, 0.4) is 0 Å². The second kappa shape index (κ2) is 4.14. The molecule has 1 aliphatic rings. The lowest BCUT2D eigenvalue weighted by Gasteiger charge is -2.31. The largest absolute Gasteiger partial charge is 0.469 e. The Kier molecular flexibility index (Phi) is 3.40. The maximum atomic E-state index is 10.8. The summed E-state index contributed by atoms with van der Waals surface area (Å²) in [7, 11) is -1.65. The minimum Gasteiger partial charge on any atom is -0.469 e. The van der Waals surface area contributed by atoms with Crippen molar-refractivity contribution in [1.82, 2.24) is 0 Å². The van der Waals surface area contributed by atoms with Gasteiger partial charge in [0.1, 0.15) is 6.16 Å². The molecule has 0 amide bonds. The van der Waals surface area contributed by atoms with Crippen LogP contribution in [0.2, 0.25) is 0 Å². The van der Waals surface area contributed by atoms with E-state index in [0.29, 0.717) is 13.2 Å². The van der Waals surface area contributed by atoms with Gasteiger partial charge in [0.15, 0.2) is 0 Å². The lowest BCUT2D eigenvalue weighted by Crippen LogP contribution is -2.20. The smallest absolute Gasteiger partial charge is 0.316 e. The van der Waals surface area contributed by atoms with E-state index in [9.17, 15) is 9.69 Å². The van der Waals surface area contributed by atoms with Gasteiger partial charge in [-0.25, -0.2) is 0 Å². The number of carbonyl (C=O) groups is 1. The minimum atomic E-state index is -2.91. The van der Waals surface area contributed by atoms with Gasteiger partial charge in [0.05, 0.1) is 20.3 Å². The normalized spacial score (nSPS) is 21.8. The van der Waals surface area contributed by atoms with Gasteiger partial charge >= 0.3 is 5.97 Å². The second-order valence-electron chi connectivity index (χ2n) is 2.39. The molecule has 1 N–H and O–H groups in total. The molecule has 1 aliphatic heterocycles. The molecular formula is C6H12O5P. The zero-order valence-electron chi connectivity index (χ0n) is 6.86. The van der Waals surface area contributed by atoms with Crippen LogP contribution in [0.25, 0.3) is 0 Å². The molecule has 0 aromatic carbocycles. The first-order chi connectivity index (χ1) is 5.66. The van der Waals surface area contributed by atoms with E-state index in [1.54, 1.807) is 0 Å². The van der Waals surface area contributed by atoms with E-state index in [1.165, 1.54) is 7.11 Å². The summed E-state index contributed by atoms with van der Waals surface area (Å²) in [6.45, 7) is 0.891. The molecule has 71 valence electrons. The van der Waals surface area contributed by atoms with Gasteiger partial charge in [-0.15, -0.1) is 0 Å². The average Bonchev–Trinajstić information content (AvgIpc) is 2.05. The fraction of sp³-hybridized carbons (Fsp3) is 0.833. The Balaban J connectivity index is 2.41. The van der Waals surface area contributed by atoms with Crippen LogP contribution in [-0.4, -0.2) is 37.3 Å². The van der Waals surface area contributed by atoms with Crippen LogP contribution in [0.4, 0.5) is 0 Å². The number of esters is 1. The predicted molar refractivity (Wildman–Crippen MR) is 42.5 cm³/mol. The first-order valence-corrected chi connectivity index (χ1v) is 5.39. The topological polar surface area (TPSA) is 65.0 Å². The quantitative estimate of drug-likeness (QED) is 0.508. The Morgan fingerprint density at radius 3 is 2.67 bits per heavy atom. The molecule has 12 heavy (non-hydrogen) atoms. The van der Waals surface area contributed by atoms with Gasteiger partial charge in [0, 0.05) is 0 Å². The molecule has 1 fully saturated rings. The Morgan fingerprint density at radius 2 is 2.17 bits per heavy atom. The van der Waals surface area contributed by atoms with Crippen molar-refractivity contribution in [2.24, 2.45) is 0 Å². The highest BCUT2D eigenvalue weighted by molar-refractivity contribution is 7.61. The average molecular weight is 195 g/mol. The van der Waals surface area contributed by atoms with E-state index in [-0.39, 0.29) is 6.16 Å². The SMILES string of the molecule is COC(=O)C[P]1(O)OCCCO1. The third-order valence-corrected chi connectivity index (χ3v) is 3.26. The van der Waals surface area contributed by atoms with Gasteiger partial charge in [-0.05, 0) is 6.42 Å². The van der Waals surface area contributed by atoms with Crippen molar-refractivity contribution >= 4 is 13.9 Å². The fourth-order valence-corrected chi connectivity index (χ4v) is 2.37. The summed E-state index contributed by atoms with van der Waals surface area (Å²) in [6, 6.07) is 0. The molecule has 1 radical (unpaired) electrons. The van der Waals surface area contributed by atoms with Crippen LogP contribution < -0.4 is 0 Å². The molecule has 0 aromatic heterocycles. The van der Waals surface area contributed by atoms with Gasteiger partial charge in [0.2, 0.25) is 7.94 Å². The first kappa shape index (κ1) is 9.86. The first-order valence-electron chi connectivity index (χ1n) is 3.63. The van der Waals surface area contributed by atoms with Gasteiger partial charge < -0.3 is 18.7 Å². The maximum Gasteiger partial charge on any atom is 0.316 e. The van der Waals surface area contributed by atoms with Gasteiger partial charge in [-0.3, -0.25) is 4.79 Å². The summed E-state index contributed by atoms with van der Waals surface area (Å²) in [4.78, 5) is 20.3. The van der Waals surface area contributed by atoms with Gasteiger partial charge in [0.25, 0.3) is 0 Å². The van der Waals surface area contributed by atoms with Crippen molar-refractivity contribution in [3.8, 4) is 0 Å². The molecule has 0 bridgehead atoms. The van der Waals surface area contributed by atoms with E-state index in [2.05, 4.69) is 4.74 Å². The van der Waals surface area contributed by atoms with E-state index < -0.39 is 13.9 Å². The van der Waals surface area contributed by atoms with E-state index in [0.717, 1.165) is 6.42 Å². The van der Waals surface area contributed by atoms with Gasteiger partial charge in [-0.2, -0.15) is 0 Å². The van der Waals surface area contributed by atoms with Crippen molar-refractivity contribution in [3.63, 3.8) is 0 Å². The highest BCUT2D eigenvalue weighted by atomic mass is 31.2. The maximum absolute atomic E-state index is 10.8. The summed E-state index contributed by atoms with van der Waals surface area (Å²) in [6.07, 6.45) is 0.576. The van der Waals surface area contributed by atoms with Crippen molar-refractivity contribution in [1.29, 1.82) is 0 Å². The zero-order chi connectivity index (χ0) is 9.03. The van der Waals surface area contributed by atoms with Crippen LogP contribution in [-0.2, 0) is 18.6 Å². The Bertz CT molecular complexity index is 165. The number of ether oxygens (including phenoxy) is 1. The molecule has 1 saturated heterocycles. The van der Waals surface area contributed by atoms with Crippen molar-refractivity contribution in [2.45, 2.75) is 6.42 Å². The predicted octanol–water partition coefficient (Wildman–Crippen LogP) is 0.351. The van der Waals surface area contributed by atoms with E-state index in [1.807, 2.05) is 0 Å². The lowest BCUT2D eigenvalue weighted by atomic mass is 10.5. The highest BCUT2D eigenvalue weighted by Crippen LogP contribution is 2.58. The van der Waals surface area contributed by atoms with Crippen LogP contribution in [0.5, 0.6) is 0 Å². The molecule has 1 rings (SSSR count). The Hall–Kier alpha value is -0.220. The van der Waals surface area contributed by atoms with Crippen LogP contribution in [0.15, 0.2) is 0 Å². The summed E-state index contributed by atoms with van der Waals surface area (Å²) >= 11 is 0. The van der Waals surface area contributed by atoms with Gasteiger partial charge in [-0.1, -0.05) is 0 Å². The summed E-state index contributed by atoms with van der Waals surface area (Å²) in [5.41, 5.74) is 0. The summed E-state index contributed by atoms with van der Waals surface area (Å²) in [5.74, 6) is -0.507. The molecule has 1 heterocycles. The van der Waals surface area contributed by atoms with Crippen LogP contribution in [0, 0.1) is 0 Å².